The first-order valence-electron chi connectivity index (χ1n) is 9.12. The summed E-state index contributed by atoms with van der Waals surface area (Å²) in [5, 5.41) is 0. The van der Waals surface area contributed by atoms with Gasteiger partial charge in [-0.25, -0.2) is 4.79 Å². The number of nitrogens with zero attached hydrogens (tertiary/aromatic N) is 1. The van der Waals surface area contributed by atoms with Gasteiger partial charge in [-0.15, -0.1) is 0 Å². The third-order valence-corrected chi connectivity index (χ3v) is 4.11. The standard InChI is InChI=1S/C19H30N2O5/c1-6-16(23)21(10-9-11-25-7-2)12-15(22)17-13(4)18(20-14(17)5)19(24)26-8-3/h20H,6-12H2,1-5H3. The lowest BCUT2D eigenvalue weighted by molar-refractivity contribution is -0.130. The number of nitrogens with one attached hydrogen (secondary N) is 1. The van der Waals surface area contributed by atoms with Crippen molar-refractivity contribution in [2.75, 3.05) is 32.9 Å². The van der Waals surface area contributed by atoms with Crippen molar-refractivity contribution in [1.29, 1.82) is 0 Å². The summed E-state index contributed by atoms with van der Waals surface area (Å²) in [5.41, 5.74) is 1.90. The Hall–Kier alpha value is -2.15. The van der Waals surface area contributed by atoms with E-state index in [9.17, 15) is 14.4 Å². The molecule has 0 aromatic carbocycles. The SMILES string of the molecule is CCOCCCN(CC(=O)c1c(C)[nH]c(C(=O)OCC)c1C)C(=O)CC. The third kappa shape index (κ3) is 5.69. The highest BCUT2D eigenvalue weighted by atomic mass is 16.5. The first-order chi connectivity index (χ1) is 12.4. The van der Waals surface area contributed by atoms with Crippen LogP contribution in [0.2, 0.25) is 0 Å². The first-order valence-corrected chi connectivity index (χ1v) is 9.12. The van der Waals surface area contributed by atoms with Crippen LogP contribution in [0.3, 0.4) is 0 Å². The number of aryl methyl sites for hydroxylation is 1. The number of esters is 1. The Morgan fingerprint density at radius 3 is 2.35 bits per heavy atom. The first kappa shape index (κ1) is 21.9. The van der Waals surface area contributed by atoms with Crippen molar-refractivity contribution in [2.24, 2.45) is 0 Å². The Morgan fingerprint density at radius 1 is 1.08 bits per heavy atom. The van der Waals surface area contributed by atoms with Gasteiger partial charge in [0.25, 0.3) is 0 Å². The molecule has 0 aliphatic heterocycles. The number of H-pyrrole nitrogens is 1. The maximum atomic E-state index is 12.8. The van der Waals surface area contributed by atoms with Gasteiger partial charge >= 0.3 is 5.97 Å². The van der Waals surface area contributed by atoms with Crippen molar-refractivity contribution in [2.45, 2.75) is 47.5 Å². The van der Waals surface area contributed by atoms with E-state index in [1.54, 1.807) is 32.6 Å². The molecule has 0 saturated carbocycles. The Kier molecular flexibility index (Phi) is 9.05. The number of Topliss-reactive ketones (excluding diaryl/α,β-unsaturated/α-hetero) is 1. The molecule has 0 fully saturated rings. The van der Waals surface area contributed by atoms with Crippen LogP contribution in [0.25, 0.3) is 0 Å². The topological polar surface area (TPSA) is 88.7 Å². The molecule has 0 atom stereocenters. The number of hydrogen-bond donors (Lipinski definition) is 1. The monoisotopic (exact) mass is 366 g/mol. The van der Waals surface area contributed by atoms with Crippen LogP contribution in [-0.2, 0) is 14.3 Å². The molecule has 0 saturated heterocycles. The summed E-state index contributed by atoms with van der Waals surface area (Å²) in [5.74, 6) is -0.748. The summed E-state index contributed by atoms with van der Waals surface area (Å²) in [4.78, 5) is 41.4. The molecule has 0 spiro atoms. The van der Waals surface area contributed by atoms with Crippen molar-refractivity contribution >= 4 is 17.7 Å². The summed E-state index contributed by atoms with van der Waals surface area (Å²) in [6.07, 6.45) is 1.01. The summed E-state index contributed by atoms with van der Waals surface area (Å²) in [6.45, 7) is 10.8. The highest BCUT2D eigenvalue weighted by molar-refractivity contribution is 6.04. The summed E-state index contributed by atoms with van der Waals surface area (Å²) in [7, 11) is 0. The number of ether oxygens (including phenoxy) is 2. The van der Waals surface area contributed by atoms with Gasteiger partial charge in [0.1, 0.15) is 5.69 Å². The van der Waals surface area contributed by atoms with E-state index in [0.717, 1.165) is 0 Å². The zero-order valence-corrected chi connectivity index (χ0v) is 16.4. The van der Waals surface area contributed by atoms with Crippen molar-refractivity contribution in [1.82, 2.24) is 9.88 Å². The number of carbonyl (C=O) groups is 3. The Balaban J connectivity index is 2.92. The Bertz CT molecular complexity index is 636. The van der Waals surface area contributed by atoms with E-state index in [4.69, 9.17) is 9.47 Å². The zero-order valence-electron chi connectivity index (χ0n) is 16.4. The molecule has 1 amide bonds. The van der Waals surface area contributed by atoms with Crippen LogP contribution in [0, 0.1) is 13.8 Å². The molecule has 1 aromatic heterocycles. The van der Waals surface area contributed by atoms with E-state index in [-0.39, 0.29) is 30.5 Å². The second kappa shape index (κ2) is 10.8. The van der Waals surface area contributed by atoms with Gasteiger partial charge in [-0.2, -0.15) is 0 Å². The molecular formula is C19H30N2O5. The fraction of sp³-hybridized carbons (Fsp3) is 0.632. The van der Waals surface area contributed by atoms with E-state index >= 15 is 0 Å². The number of ketones is 1. The minimum absolute atomic E-state index is 0.0133. The second-order valence-corrected chi connectivity index (χ2v) is 5.99. The van der Waals surface area contributed by atoms with Gasteiger partial charge in [0.05, 0.1) is 13.2 Å². The van der Waals surface area contributed by atoms with Crippen molar-refractivity contribution in [3.8, 4) is 0 Å². The van der Waals surface area contributed by atoms with E-state index in [2.05, 4.69) is 4.98 Å². The molecule has 0 aliphatic rings. The van der Waals surface area contributed by atoms with Crippen molar-refractivity contribution < 1.29 is 23.9 Å². The van der Waals surface area contributed by atoms with Gasteiger partial charge in [-0.3, -0.25) is 9.59 Å². The highest BCUT2D eigenvalue weighted by Crippen LogP contribution is 2.20. The molecule has 0 radical (unpaired) electrons. The van der Waals surface area contributed by atoms with Crippen LogP contribution < -0.4 is 0 Å². The molecule has 26 heavy (non-hydrogen) atoms. The minimum atomic E-state index is -0.481. The van der Waals surface area contributed by atoms with Crippen molar-refractivity contribution in [3.63, 3.8) is 0 Å². The molecule has 0 unspecified atom stereocenters. The number of carbonyl (C=O) groups excluding carboxylic acids is 3. The summed E-state index contributed by atoms with van der Waals surface area (Å²) < 4.78 is 10.3. The van der Waals surface area contributed by atoms with E-state index < -0.39 is 5.97 Å². The van der Waals surface area contributed by atoms with Gasteiger partial charge < -0.3 is 19.4 Å². The maximum absolute atomic E-state index is 12.8. The fourth-order valence-corrected chi connectivity index (χ4v) is 2.85. The number of hydrogen-bond acceptors (Lipinski definition) is 5. The lowest BCUT2D eigenvalue weighted by Crippen LogP contribution is -2.36. The molecule has 7 nitrogen and oxygen atoms in total. The van der Waals surface area contributed by atoms with Gasteiger partial charge in [0.15, 0.2) is 5.78 Å². The predicted molar refractivity (Wildman–Crippen MR) is 98.5 cm³/mol. The largest absolute Gasteiger partial charge is 0.461 e. The Labute approximate surface area is 155 Å². The molecule has 1 heterocycles. The van der Waals surface area contributed by atoms with Crippen LogP contribution in [-0.4, -0.2) is 60.5 Å². The molecular weight excluding hydrogens is 336 g/mol. The lowest BCUT2D eigenvalue weighted by Gasteiger charge is -2.21. The van der Waals surface area contributed by atoms with Crippen LogP contribution in [0.4, 0.5) is 0 Å². The van der Waals surface area contributed by atoms with Gasteiger partial charge in [-0.1, -0.05) is 6.92 Å². The molecule has 1 aromatic rings. The number of amides is 1. The number of aromatic nitrogens is 1. The smallest absolute Gasteiger partial charge is 0.355 e. The van der Waals surface area contributed by atoms with Crippen LogP contribution in [0.1, 0.15) is 65.7 Å². The van der Waals surface area contributed by atoms with Gasteiger partial charge in [0.2, 0.25) is 5.91 Å². The lowest BCUT2D eigenvalue weighted by atomic mass is 10.0. The van der Waals surface area contributed by atoms with Crippen LogP contribution in [0.5, 0.6) is 0 Å². The third-order valence-electron chi connectivity index (χ3n) is 4.11. The van der Waals surface area contributed by atoms with E-state index in [1.165, 1.54) is 0 Å². The number of rotatable bonds is 11. The molecule has 146 valence electrons. The second-order valence-electron chi connectivity index (χ2n) is 5.99. The van der Waals surface area contributed by atoms with E-state index in [1.807, 2.05) is 6.92 Å². The summed E-state index contributed by atoms with van der Waals surface area (Å²) in [6, 6.07) is 0. The quantitative estimate of drug-likeness (QED) is 0.369. The predicted octanol–water partition coefficient (Wildman–Crippen LogP) is 2.66. The van der Waals surface area contributed by atoms with E-state index in [0.29, 0.717) is 49.4 Å². The van der Waals surface area contributed by atoms with Crippen LogP contribution in [0.15, 0.2) is 0 Å². The maximum Gasteiger partial charge on any atom is 0.355 e. The molecule has 1 rings (SSSR count). The van der Waals surface area contributed by atoms with Gasteiger partial charge in [0, 0.05) is 37.4 Å². The highest BCUT2D eigenvalue weighted by Gasteiger charge is 2.25. The fourth-order valence-electron chi connectivity index (χ4n) is 2.85. The molecule has 0 aliphatic carbocycles. The minimum Gasteiger partial charge on any atom is -0.461 e. The average molecular weight is 366 g/mol. The molecule has 0 bridgehead atoms. The summed E-state index contributed by atoms with van der Waals surface area (Å²) >= 11 is 0. The zero-order chi connectivity index (χ0) is 19.7. The molecule has 7 heteroatoms. The Morgan fingerprint density at radius 2 is 1.77 bits per heavy atom. The average Bonchev–Trinajstić information content (AvgIpc) is 2.91. The number of aromatic amines is 1. The van der Waals surface area contributed by atoms with Crippen molar-refractivity contribution in [3.05, 3.63) is 22.5 Å². The molecule has 1 N–H and O–H groups in total. The normalized spacial score (nSPS) is 10.7. The van der Waals surface area contributed by atoms with Gasteiger partial charge in [-0.05, 0) is 39.7 Å². The van der Waals surface area contributed by atoms with Crippen LogP contribution >= 0.6 is 0 Å².